The summed E-state index contributed by atoms with van der Waals surface area (Å²) in [6.45, 7) is 9.66. The van der Waals surface area contributed by atoms with Gasteiger partial charge < -0.3 is 15.0 Å². The molecule has 1 aromatic heterocycles. The van der Waals surface area contributed by atoms with Crippen molar-refractivity contribution in [3.63, 3.8) is 0 Å². The normalized spacial score (nSPS) is 17.4. The summed E-state index contributed by atoms with van der Waals surface area (Å²) in [5.74, 6) is 0.961. The molecular formula is C21H31IN4OS. The van der Waals surface area contributed by atoms with Gasteiger partial charge in [-0.05, 0) is 38.3 Å². The largest absolute Gasteiger partial charge is 0.370 e. The maximum Gasteiger partial charge on any atom is 0.193 e. The van der Waals surface area contributed by atoms with Crippen molar-refractivity contribution in [2.75, 3.05) is 33.3 Å². The molecule has 1 N–H and O–H groups in total. The number of nitrogens with zero attached hydrogens (tertiary/aromatic N) is 3. The van der Waals surface area contributed by atoms with E-state index in [9.17, 15) is 0 Å². The van der Waals surface area contributed by atoms with Crippen LogP contribution in [0.4, 0.5) is 0 Å². The lowest BCUT2D eigenvalue weighted by Crippen LogP contribution is -2.48. The molecule has 0 bridgehead atoms. The Labute approximate surface area is 189 Å². The Morgan fingerprint density at radius 2 is 2.18 bits per heavy atom. The molecule has 0 spiro atoms. The van der Waals surface area contributed by atoms with Crippen LogP contribution in [0.3, 0.4) is 0 Å². The number of aryl methyl sites for hydroxylation is 4. The van der Waals surface area contributed by atoms with Crippen LogP contribution >= 0.6 is 35.3 Å². The standard InChI is InChI=1S/C21H30N4OS.HI/c1-15-7-8-18(16(2)12-15)19-13-25(10-11-26-19)21(22-4)23-9-5-6-20-24-17(3)14-27-20;/h7-8,12,14,19H,5-6,9-11,13H2,1-4H3,(H,22,23);1H. The van der Waals surface area contributed by atoms with Gasteiger partial charge in [0.15, 0.2) is 5.96 Å². The van der Waals surface area contributed by atoms with E-state index in [1.807, 2.05) is 14.0 Å². The second kappa shape index (κ2) is 11.1. The van der Waals surface area contributed by atoms with Gasteiger partial charge in [-0.3, -0.25) is 4.99 Å². The highest BCUT2D eigenvalue weighted by Crippen LogP contribution is 2.25. The third-order valence-electron chi connectivity index (χ3n) is 4.87. The van der Waals surface area contributed by atoms with Crippen molar-refractivity contribution in [3.8, 4) is 0 Å². The Hall–Kier alpha value is -1.19. The van der Waals surface area contributed by atoms with E-state index < -0.39 is 0 Å². The lowest BCUT2D eigenvalue weighted by molar-refractivity contribution is -0.00831. The smallest absolute Gasteiger partial charge is 0.193 e. The third-order valence-corrected chi connectivity index (χ3v) is 5.89. The van der Waals surface area contributed by atoms with Crippen molar-refractivity contribution in [1.29, 1.82) is 0 Å². The minimum absolute atomic E-state index is 0. The molecule has 3 rings (SSSR count). The molecule has 1 aromatic carbocycles. The number of guanidine groups is 1. The van der Waals surface area contributed by atoms with Crippen LogP contribution < -0.4 is 5.32 Å². The fraction of sp³-hybridized carbons (Fsp3) is 0.524. The topological polar surface area (TPSA) is 49.8 Å². The fourth-order valence-corrected chi connectivity index (χ4v) is 4.32. The summed E-state index contributed by atoms with van der Waals surface area (Å²) in [6.07, 6.45) is 2.16. The summed E-state index contributed by atoms with van der Waals surface area (Å²) in [5, 5.41) is 6.84. The number of aromatic nitrogens is 1. The number of rotatable bonds is 5. The Morgan fingerprint density at radius 3 is 2.86 bits per heavy atom. The van der Waals surface area contributed by atoms with Crippen molar-refractivity contribution in [1.82, 2.24) is 15.2 Å². The highest BCUT2D eigenvalue weighted by molar-refractivity contribution is 14.0. The molecule has 1 atom stereocenters. The van der Waals surface area contributed by atoms with Gasteiger partial charge in [-0.1, -0.05) is 23.8 Å². The van der Waals surface area contributed by atoms with E-state index in [4.69, 9.17) is 4.74 Å². The molecule has 0 aliphatic carbocycles. The first-order chi connectivity index (χ1) is 13.1. The van der Waals surface area contributed by atoms with Gasteiger partial charge in [-0.15, -0.1) is 35.3 Å². The number of hydrogen-bond donors (Lipinski definition) is 1. The number of aliphatic imine (C=N–C) groups is 1. The summed E-state index contributed by atoms with van der Waals surface area (Å²) in [7, 11) is 1.86. The minimum Gasteiger partial charge on any atom is -0.370 e. The maximum atomic E-state index is 6.06. The molecule has 1 aliphatic heterocycles. The Morgan fingerprint density at radius 1 is 1.36 bits per heavy atom. The van der Waals surface area contributed by atoms with Gasteiger partial charge in [0.05, 0.1) is 18.2 Å². The molecular weight excluding hydrogens is 483 g/mol. The van der Waals surface area contributed by atoms with Crippen LogP contribution in [0.25, 0.3) is 0 Å². The highest BCUT2D eigenvalue weighted by atomic mass is 127. The average Bonchev–Trinajstić information content (AvgIpc) is 3.07. The van der Waals surface area contributed by atoms with Gasteiger partial charge in [0.25, 0.3) is 0 Å². The Bertz CT molecular complexity index is 792. The van der Waals surface area contributed by atoms with E-state index in [0.717, 1.165) is 50.7 Å². The van der Waals surface area contributed by atoms with E-state index in [2.05, 4.69) is 57.6 Å². The van der Waals surface area contributed by atoms with Crippen molar-refractivity contribution in [2.45, 2.75) is 39.7 Å². The fourth-order valence-electron chi connectivity index (χ4n) is 3.51. The second-order valence-electron chi connectivity index (χ2n) is 7.13. The number of halogens is 1. The Balaban J connectivity index is 0.00000280. The molecule has 5 nitrogen and oxygen atoms in total. The molecule has 154 valence electrons. The summed E-state index contributed by atoms with van der Waals surface area (Å²) in [6, 6.07) is 6.59. The number of benzene rings is 1. The SMILES string of the molecule is CN=C(NCCCc1nc(C)cs1)N1CCOC(c2ccc(C)cc2C)C1.I. The molecule has 0 radical (unpaired) electrons. The van der Waals surface area contributed by atoms with Crippen molar-refractivity contribution in [2.24, 2.45) is 4.99 Å². The zero-order valence-electron chi connectivity index (χ0n) is 17.2. The molecule has 0 amide bonds. The molecule has 2 heterocycles. The molecule has 1 saturated heterocycles. The van der Waals surface area contributed by atoms with E-state index in [1.54, 1.807) is 11.3 Å². The quantitative estimate of drug-likeness (QED) is 0.280. The summed E-state index contributed by atoms with van der Waals surface area (Å²) >= 11 is 1.75. The molecule has 1 aliphatic rings. The zero-order valence-corrected chi connectivity index (χ0v) is 20.3. The van der Waals surface area contributed by atoms with Crippen LogP contribution in [0.2, 0.25) is 0 Å². The van der Waals surface area contributed by atoms with Crippen LogP contribution in [0.5, 0.6) is 0 Å². The number of ether oxygens (including phenoxy) is 1. The van der Waals surface area contributed by atoms with E-state index in [-0.39, 0.29) is 30.1 Å². The van der Waals surface area contributed by atoms with Gasteiger partial charge in [-0.25, -0.2) is 4.98 Å². The number of morpholine rings is 1. The predicted molar refractivity (Wildman–Crippen MR) is 128 cm³/mol. The zero-order chi connectivity index (χ0) is 19.2. The van der Waals surface area contributed by atoms with Crippen LogP contribution in [-0.4, -0.2) is 49.1 Å². The number of nitrogens with one attached hydrogen (secondary N) is 1. The summed E-state index contributed by atoms with van der Waals surface area (Å²) < 4.78 is 6.06. The van der Waals surface area contributed by atoms with Gasteiger partial charge in [-0.2, -0.15) is 0 Å². The molecule has 7 heteroatoms. The molecule has 1 fully saturated rings. The average molecular weight is 514 g/mol. The van der Waals surface area contributed by atoms with E-state index in [0.29, 0.717) is 0 Å². The summed E-state index contributed by atoms with van der Waals surface area (Å²) in [5.41, 5.74) is 4.98. The predicted octanol–water partition coefficient (Wildman–Crippen LogP) is 4.27. The Kier molecular flexibility index (Phi) is 9.17. The van der Waals surface area contributed by atoms with Gasteiger partial charge >= 0.3 is 0 Å². The van der Waals surface area contributed by atoms with Crippen molar-refractivity contribution < 1.29 is 4.74 Å². The van der Waals surface area contributed by atoms with Crippen LogP contribution in [0.15, 0.2) is 28.6 Å². The van der Waals surface area contributed by atoms with Gasteiger partial charge in [0.1, 0.15) is 6.10 Å². The van der Waals surface area contributed by atoms with Crippen molar-refractivity contribution >= 4 is 41.3 Å². The molecule has 28 heavy (non-hydrogen) atoms. The first-order valence-corrected chi connectivity index (χ1v) is 10.5. The second-order valence-corrected chi connectivity index (χ2v) is 8.07. The molecule has 2 aromatic rings. The third kappa shape index (κ3) is 6.15. The van der Waals surface area contributed by atoms with E-state index >= 15 is 0 Å². The number of hydrogen-bond acceptors (Lipinski definition) is 4. The highest BCUT2D eigenvalue weighted by Gasteiger charge is 2.25. The van der Waals surface area contributed by atoms with Gasteiger partial charge in [0, 0.05) is 37.6 Å². The maximum absolute atomic E-state index is 6.06. The molecule has 0 saturated carbocycles. The van der Waals surface area contributed by atoms with Crippen LogP contribution in [0.1, 0.15) is 39.9 Å². The van der Waals surface area contributed by atoms with Crippen molar-refractivity contribution in [3.05, 3.63) is 51.0 Å². The summed E-state index contributed by atoms with van der Waals surface area (Å²) in [4.78, 5) is 11.3. The van der Waals surface area contributed by atoms with Crippen LogP contribution in [-0.2, 0) is 11.2 Å². The minimum atomic E-state index is 0. The lowest BCUT2D eigenvalue weighted by Gasteiger charge is -2.35. The first-order valence-electron chi connectivity index (χ1n) is 9.62. The first kappa shape index (κ1) is 23.1. The van der Waals surface area contributed by atoms with Crippen LogP contribution in [0, 0.1) is 20.8 Å². The molecule has 1 unspecified atom stereocenters. The van der Waals surface area contributed by atoms with E-state index in [1.165, 1.54) is 21.7 Å². The number of thiazole rings is 1. The monoisotopic (exact) mass is 514 g/mol. The van der Waals surface area contributed by atoms with Gasteiger partial charge in [0.2, 0.25) is 0 Å². The lowest BCUT2D eigenvalue weighted by atomic mass is 10.00.